The summed E-state index contributed by atoms with van der Waals surface area (Å²) in [4.78, 5) is 10.7. The van der Waals surface area contributed by atoms with Gasteiger partial charge in [-0.25, -0.2) is 4.79 Å². The monoisotopic (exact) mass is 224 g/mol. The van der Waals surface area contributed by atoms with Crippen molar-refractivity contribution >= 4 is 5.97 Å². The zero-order valence-electron chi connectivity index (χ0n) is 9.15. The fourth-order valence-corrected chi connectivity index (χ4v) is 1.85. The molecule has 1 saturated carbocycles. The second-order valence-electron chi connectivity index (χ2n) is 4.22. The van der Waals surface area contributed by atoms with Gasteiger partial charge in [0.15, 0.2) is 0 Å². The number of carboxylic acid groups (broad SMARTS) is 1. The van der Waals surface area contributed by atoms with E-state index in [1.54, 1.807) is 6.07 Å². The molecule has 4 nitrogen and oxygen atoms in total. The van der Waals surface area contributed by atoms with Crippen LogP contribution >= 0.6 is 0 Å². The molecular weight excluding hydrogens is 208 g/mol. The van der Waals surface area contributed by atoms with Crippen molar-refractivity contribution in [1.29, 1.82) is 0 Å². The van der Waals surface area contributed by atoms with Crippen LogP contribution in [0.4, 0.5) is 0 Å². The summed E-state index contributed by atoms with van der Waals surface area (Å²) in [5.41, 5.74) is 0.612. The Balaban J connectivity index is 1.71. The lowest BCUT2D eigenvalue weighted by atomic mass is 9.83. The Hall–Kier alpha value is -1.29. The normalized spacial score (nSPS) is 16.0. The van der Waals surface area contributed by atoms with Gasteiger partial charge in [-0.15, -0.1) is 0 Å². The van der Waals surface area contributed by atoms with Crippen molar-refractivity contribution in [2.45, 2.75) is 32.3 Å². The zero-order chi connectivity index (χ0) is 11.4. The molecule has 1 fully saturated rings. The lowest BCUT2D eigenvalue weighted by Crippen LogP contribution is -2.13. The van der Waals surface area contributed by atoms with Crippen LogP contribution in [0.15, 0.2) is 16.7 Å². The SMILES string of the molecule is O=C(O)c1occc1COCCC1CCC1. The summed E-state index contributed by atoms with van der Waals surface area (Å²) in [6.45, 7) is 1.03. The number of hydrogen-bond donors (Lipinski definition) is 1. The van der Waals surface area contributed by atoms with Crippen LogP contribution in [0, 0.1) is 5.92 Å². The van der Waals surface area contributed by atoms with Crippen molar-refractivity contribution in [3.05, 3.63) is 23.7 Å². The number of carboxylic acids is 1. The lowest BCUT2D eigenvalue weighted by molar-refractivity contribution is 0.0643. The van der Waals surface area contributed by atoms with Gasteiger partial charge in [0.05, 0.1) is 12.9 Å². The second kappa shape index (κ2) is 5.16. The summed E-state index contributed by atoms with van der Waals surface area (Å²) in [7, 11) is 0. The van der Waals surface area contributed by atoms with Gasteiger partial charge in [0, 0.05) is 12.2 Å². The Morgan fingerprint density at radius 3 is 3.00 bits per heavy atom. The number of ether oxygens (including phenoxy) is 1. The van der Waals surface area contributed by atoms with Crippen LogP contribution < -0.4 is 0 Å². The largest absolute Gasteiger partial charge is 0.475 e. The van der Waals surface area contributed by atoms with E-state index in [0.29, 0.717) is 18.8 Å². The molecule has 4 heteroatoms. The summed E-state index contributed by atoms with van der Waals surface area (Å²) in [5, 5.41) is 8.80. The quantitative estimate of drug-likeness (QED) is 0.755. The second-order valence-corrected chi connectivity index (χ2v) is 4.22. The molecule has 1 aromatic rings. The molecule has 0 bridgehead atoms. The molecule has 2 rings (SSSR count). The van der Waals surface area contributed by atoms with E-state index in [2.05, 4.69) is 0 Å². The van der Waals surface area contributed by atoms with Crippen LogP contribution in [0.2, 0.25) is 0 Å². The van der Waals surface area contributed by atoms with E-state index in [-0.39, 0.29) is 5.76 Å². The Bertz CT molecular complexity index is 352. The zero-order valence-corrected chi connectivity index (χ0v) is 9.15. The first-order chi connectivity index (χ1) is 7.77. The molecule has 1 aromatic heterocycles. The molecule has 0 spiro atoms. The van der Waals surface area contributed by atoms with Crippen molar-refractivity contribution in [2.75, 3.05) is 6.61 Å². The molecule has 0 aliphatic heterocycles. The first kappa shape index (κ1) is 11.2. The van der Waals surface area contributed by atoms with Gasteiger partial charge in [-0.05, 0) is 18.4 Å². The van der Waals surface area contributed by atoms with Crippen LogP contribution in [0.3, 0.4) is 0 Å². The molecule has 1 aliphatic rings. The minimum atomic E-state index is -1.04. The molecule has 88 valence electrons. The maximum atomic E-state index is 10.7. The van der Waals surface area contributed by atoms with Crippen LogP contribution in [0.5, 0.6) is 0 Å². The predicted octanol–water partition coefficient (Wildman–Crippen LogP) is 2.68. The van der Waals surface area contributed by atoms with Gasteiger partial charge in [0.25, 0.3) is 0 Å². The Morgan fingerprint density at radius 1 is 1.56 bits per heavy atom. The topological polar surface area (TPSA) is 59.7 Å². The van der Waals surface area contributed by atoms with Crippen LogP contribution in [0.1, 0.15) is 41.8 Å². The Morgan fingerprint density at radius 2 is 2.38 bits per heavy atom. The maximum Gasteiger partial charge on any atom is 0.372 e. The molecule has 0 radical (unpaired) electrons. The van der Waals surface area contributed by atoms with E-state index in [4.69, 9.17) is 14.3 Å². The number of furan rings is 1. The predicted molar refractivity (Wildman–Crippen MR) is 57.3 cm³/mol. The van der Waals surface area contributed by atoms with Crippen molar-refractivity contribution in [2.24, 2.45) is 5.92 Å². The highest BCUT2D eigenvalue weighted by Crippen LogP contribution is 2.29. The van der Waals surface area contributed by atoms with E-state index >= 15 is 0 Å². The van der Waals surface area contributed by atoms with E-state index in [1.807, 2.05) is 0 Å². The van der Waals surface area contributed by atoms with Crippen LogP contribution in [-0.4, -0.2) is 17.7 Å². The van der Waals surface area contributed by atoms with Gasteiger partial charge in [-0.3, -0.25) is 0 Å². The van der Waals surface area contributed by atoms with Crippen molar-refractivity contribution in [3.63, 3.8) is 0 Å². The summed E-state index contributed by atoms with van der Waals surface area (Å²) >= 11 is 0. The summed E-state index contributed by atoms with van der Waals surface area (Å²) in [5.74, 6) is -0.227. The molecular formula is C12H16O4. The third kappa shape index (κ3) is 2.64. The maximum absolute atomic E-state index is 10.7. The number of aromatic carboxylic acids is 1. The van der Waals surface area contributed by atoms with Crippen molar-refractivity contribution < 1.29 is 19.1 Å². The number of hydrogen-bond acceptors (Lipinski definition) is 3. The van der Waals surface area contributed by atoms with Crippen LogP contribution in [-0.2, 0) is 11.3 Å². The fraction of sp³-hybridized carbons (Fsp3) is 0.583. The smallest absolute Gasteiger partial charge is 0.372 e. The Labute approximate surface area is 94.2 Å². The number of carbonyl (C=O) groups is 1. The average molecular weight is 224 g/mol. The molecule has 1 N–H and O–H groups in total. The van der Waals surface area contributed by atoms with Gasteiger partial charge in [0.1, 0.15) is 0 Å². The molecule has 1 aliphatic carbocycles. The summed E-state index contributed by atoms with van der Waals surface area (Å²) in [6, 6.07) is 1.65. The third-order valence-corrected chi connectivity index (χ3v) is 3.09. The minimum absolute atomic E-state index is 0.0105. The van der Waals surface area contributed by atoms with Gasteiger partial charge in [-0.2, -0.15) is 0 Å². The third-order valence-electron chi connectivity index (χ3n) is 3.09. The highest BCUT2D eigenvalue weighted by atomic mass is 16.5. The Kier molecular flexibility index (Phi) is 3.62. The molecule has 16 heavy (non-hydrogen) atoms. The average Bonchev–Trinajstić information content (AvgIpc) is 2.62. The molecule has 0 amide bonds. The van der Waals surface area contributed by atoms with Gasteiger partial charge in [-0.1, -0.05) is 19.3 Å². The van der Waals surface area contributed by atoms with Gasteiger partial charge >= 0.3 is 5.97 Å². The minimum Gasteiger partial charge on any atom is -0.475 e. The van der Waals surface area contributed by atoms with E-state index in [0.717, 1.165) is 12.3 Å². The lowest BCUT2D eigenvalue weighted by Gasteiger charge is -2.24. The van der Waals surface area contributed by atoms with Crippen LogP contribution in [0.25, 0.3) is 0 Å². The van der Waals surface area contributed by atoms with E-state index in [1.165, 1.54) is 25.5 Å². The molecule has 0 unspecified atom stereocenters. The summed E-state index contributed by atoms with van der Waals surface area (Å²) in [6.07, 6.45) is 6.44. The van der Waals surface area contributed by atoms with Crippen molar-refractivity contribution in [3.8, 4) is 0 Å². The van der Waals surface area contributed by atoms with E-state index in [9.17, 15) is 4.79 Å². The highest BCUT2D eigenvalue weighted by Gasteiger charge is 2.17. The molecule has 0 atom stereocenters. The fourth-order valence-electron chi connectivity index (χ4n) is 1.85. The summed E-state index contributed by atoms with van der Waals surface area (Å²) < 4.78 is 10.3. The first-order valence-corrected chi connectivity index (χ1v) is 5.65. The molecule has 0 saturated heterocycles. The number of rotatable bonds is 6. The standard InChI is InChI=1S/C12H16O4/c13-12(14)11-10(5-7-16-11)8-15-6-4-9-2-1-3-9/h5,7,9H,1-4,6,8H2,(H,13,14). The first-order valence-electron chi connectivity index (χ1n) is 5.65. The molecule has 1 heterocycles. The van der Waals surface area contributed by atoms with Gasteiger partial charge in [0.2, 0.25) is 5.76 Å². The highest BCUT2D eigenvalue weighted by molar-refractivity contribution is 5.85. The van der Waals surface area contributed by atoms with Crippen molar-refractivity contribution in [1.82, 2.24) is 0 Å². The van der Waals surface area contributed by atoms with Gasteiger partial charge < -0.3 is 14.3 Å². The molecule has 0 aromatic carbocycles. The van der Waals surface area contributed by atoms with E-state index < -0.39 is 5.97 Å².